The molecule has 0 bridgehead atoms. The zero-order valence-electron chi connectivity index (χ0n) is 16.1. The van der Waals surface area contributed by atoms with E-state index in [1.807, 2.05) is 0 Å². The Kier molecular flexibility index (Phi) is 8.11. The molecule has 0 saturated carbocycles. The van der Waals surface area contributed by atoms with Crippen LogP contribution in [0.4, 0.5) is 10.8 Å². The van der Waals surface area contributed by atoms with Gasteiger partial charge in [-0.1, -0.05) is 54.6 Å². The summed E-state index contributed by atoms with van der Waals surface area (Å²) in [4.78, 5) is 12.9. The summed E-state index contributed by atoms with van der Waals surface area (Å²) >= 11 is 8.91. The summed E-state index contributed by atoms with van der Waals surface area (Å²) in [6.07, 6.45) is 2.36. The standard InChI is InChI=1S/C17H23ClN4O3S3/c1-5-9-26-17-21-20-16(27-17)19-15(23)13(6-2)22(28(4,24)25)14-10-12(18)8-7-11(14)3/h7-8,10,13H,5-6,9H2,1-4H3,(H,19,20,23)/t13-/m1/s1. The van der Waals surface area contributed by atoms with Crippen LogP contribution in [0.5, 0.6) is 0 Å². The van der Waals surface area contributed by atoms with Gasteiger partial charge in [-0.3, -0.25) is 14.4 Å². The van der Waals surface area contributed by atoms with Crippen LogP contribution in [0.1, 0.15) is 32.3 Å². The van der Waals surface area contributed by atoms with Gasteiger partial charge in [0.2, 0.25) is 21.1 Å². The Hall–Kier alpha value is -1.36. The number of aryl methyl sites for hydroxylation is 1. The second-order valence-electron chi connectivity index (χ2n) is 6.12. The summed E-state index contributed by atoms with van der Waals surface area (Å²) in [6.45, 7) is 5.60. The van der Waals surface area contributed by atoms with Crippen molar-refractivity contribution in [3.63, 3.8) is 0 Å². The van der Waals surface area contributed by atoms with Gasteiger partial charge in [0.15, 0.2) is 4.34 Å². The van der Waals surface area contributed by atoms with E-state index in [1.165, 1.54) is 11.3 Å². The highest BCUT2D eigenvalue weighted by molar-refractivity contribution is 8.01. The fourth-order valence-electron chi connectivity index (χ4n) is 2.55. The van der Waals surface area contributed by atoms with E-state index in [4.69, 9.17) is 11.6 Å². The minimum atomic E-state index is -3.74. The third-order valence-electron chi connectivity index (χ3n) is 3.80. The summed E-state index contributed by atoms with van der Waals surface area (Å²) in [5.74, 6) is 0.450. The normalized spacial score (nSPS) is 12.6. The molecule has 1 aromatic heterocycles. The van der Waals surface area contributed by atoms with Gasteiger partial charge in [0.05, 0.1) is 11.9 Å². The molecule has 0 aliphatic carbocycles. The molecule has 7 nitrogen and oxygen atoms in total. The largest absolute Gasteiger partial charge is 0.299 e. The Morgan fingerprint density at radius 3 is 2.68 bits per heavy atom. The van der Waals surface area contributed by atoms with Gasteiger partial charge in [-0.05, 0) is 37.5 Å². The molecule has 0 spiro atoms. The Morgan fingerprint density at radius 2 is 2.07 bits per heavy atom. The maximum atomic E-state index is 12.9. The molecular formula is C17H23ClN4O3S3. The first-order valence-electron chi connectivity index (χ1n) is 8.70. The van der Waals surface area contributed by atoms with Gasteiger partial charge in [-0.25, -0.2) is 8.42 Å². The average molecular weight is 463 g/mol. The van der Waals surface area contributed by atoms with Crippen LogP contribution in [0.25, 0.3) is 0 Å². The highest BCUT2D eigenvalue weighted by Crippen LogP contribution is 2.30. The number of benzene rings is 1. The van der Waals surface area contributed by atoms with Crippen molar-refractivity contribution in [3.8, 4) is 0 Å². The number of carbonyl (C=O) groups excluding carboxylic acids is 1. The fraction of sp³-hybridized carbons (Fsp3) is 0.471. The molecule has 28 heavy (non-hydrogen) atoms. The summed E-state index contributed by atoms with van der Waals surface area (Å²) in [5, 5.41) is 11.5. The third-order valence-corrected chi connectivity index (χ3v) is 7.38. The second-order valence-corrected chi connectivity index (χ2v) is 10.7. The molecule has 1 heterocycles. The van der Waals surface area contributed by atoms with Crippen LogP contribution < -0.4 is 9.62 Å². The second kappa shape index (κ2) is 9.91. The van der Waals surface area contributed by atoms with Crippen molar-refractivity contribution < 1.29 is 13.2 Å². The van der Waals surface area contributed by atoms with Crippen LogP contribution in [-0.4, -0.2) is 42.6 Å². The van der Waals surface area contributed by atoms with Crippen molar-refractivity contribution in [2.45, 2.75) is 44.0 Å². The number of nitrogens with one attached hydrogen (secondary N) is 1. The van der Waals surface area contributed by atoms with E-state index in [-0.39, 0.29) is 6.42 Å². The maximum Gasteiger partial charge on any atom is 0.250 e. The number of aromatic nitrogens is 2. The summed E-state index contributed by atoms with van der Waals surface area (Å²) in [6, 6.07) is 4.02. The number of halogens is 1. The molecular weight excluding hydrogens is 440 g/mol. The molecule has 0 aliphatic heterocycles. The number of nitrogens with zero attached hydrogens (tertiary/aromatic N) is 3. The van der Waals surface area contributed by atoms with Crippen LogP contribution in [0.3, 0.4) is 0 Å². The molecule has 154 valence electrons. The first-order chi connectivity index (χ1) is 13.2. The van der Waals surface area contributed by atoms with Crippen molar-refractivity contribution in [2.24, 2.45) is 0 Å². The van der Waals surface area contributed by atoms with Gasteiger partial charge in [0, 0.05) is 10.8 Å². The minimum Gasteiger partial charge on any atom is -0.299 e. The number of anilines is 2. The molecule has 1 amide bonds. The number of thioether (sulfide) groups is 1. The molecule has 2 rings (SSSR count). The van der Waals surface area contributed by atoms with Gasteiger partial charge in [0.1, 0.15) is 6.04 Å². The lowest BCUT2D eigenvalue weighted by molar-refractivity contribution is -0.117. The molecule has 0 unspecified atom stereocenters. The van der Waals surface area contributed by atoms with Crippen molar-refractivity contribution in [1.29, 1.82) is 0 Å². The maximum absolute atomic E-state index is 12.9. The highest BCUT2D eigenvalue weighted by atomic mass is 35.5. The zero-order valence-corrected chi connectivity index (χ0v) is 19.3. The topological polar surface area (TPSA) is 92.3 Å². The molecule has 0 aliphatic rings. The van der Waals surface area contributed by atoms with E-state index < -0.39 is 22.0 Å². The highest BCUT2D eigenvalue weighted by Gasteiger charge is 2.33. The van der Waals surface area contributed by atoms with E-state index in [0.717, 1.165) is 27.1 Å². The van der Waals surface area contributed by atoms with Gasteiger partial charge in [0.25, 0.3) is 0 Å². The average Bonchev–Trinajstić information content (AvgIpc) is 3.06. The number of carbonyl (C=O) groups is 1. The summed E-state index contributed by atoms with van der Waals surface area (Å²) < 4.78 is 27.0. The van der Waals surface area contributed by atoms with E-state index in [9.17, 15) is 13.2 Å². The van der Waals surface area contributed by atoms with Crippen LogP contribution in [0.2, 0.25) is 5.02 Å². The summed E-state index contributed by atoms with van der Waals surface area (Å²) in [7, 11) is -3.74. The number of hydrogen-bond acceptors (Lipinski definition) is 7. The fourth-order valence-corrected chi connectivity index (χ4v) is 5.66. The minimum absolute atomic E-state index is 0.279. The molecule has 0 radical (unpaired) electrons. The number of hydrogen-bond donors (Lipinski definition) is 1. The van der Waals surface area contributed by atoms with Gasteiger partial charge >= 0.3 is 0 Å². The van der Waals surface area contributed by atoms with E-state index in [0.29, 0.717) is 21.4 Å². The zero-order chi connectivity index (χ0) is 20.9. The molecule has 0 fully saturated rings. The Balaban J connectivity index is 2.32. The Morgan fingerprint density at radius 1 is 1.36 bits per heavy atom. The van der Waals surface area contributed by atoms with E-state index >= 15 is 0 Å². The van der Waals surface area contributed by atoms with Crippen molar-refractivity contribution in [3.05, 3.63) is 28.8 Å². The number of rotatable bonds is 9. The molecule has 11 heteroatoms. The quantitative estimate of drug-likeness (QED) is 0.443. The van der Waals surface area contributed by atoms with E-state index in [1.54, 1.807) is 43.8 Å². The first kappa shape index (κ1) is 22.9. The van der Waals surface area contributed by atoms with Gasteiger partial charge < -0.3 is 0 Å². The smallest absolute Gasteiger partial charge is 0.250 e. The number of sulfonamides is 1. The van der Waals surface area contributed by atoms with Gasteiger partial charge in [-0.2, -0.15) is 0 Å². The lowest BCUT2D eigenvalue weighted by atomic mass is 10.1. The van der Waals surface area contributed by atoms with Crippen LogP contribution in [-0.2, 0) is 14.8 Å². The van der Waals surface area contributed by atoms with Crippen molar-refractivity contribution in [2.75, 3.05) is 21.6 Å². The van der Waals surface area contributed by atoms with Gasteiger partial charge in [-0.15, -0.1) is 10.2 Å². The predicted octanol–water partition coefficient (Wildman–Crippen LogP) is 4.19. The molecule has 0 saturated heterocycles. The van der Waals surface area contributed by atoms with Crippen molar-refractivity contribution in [1.82, 2.24) is 10.2 Å². The van der Waals surface area contributed by atoms with Crippen LogP contribution >= 0.6 is 34.7 Å². The Bertz CT molecular complexity index is 933. The first-order valence-corrected chi connectivity index (χ1v) is 12.7. The van der Waals surface area contributed by atoms with Crippen LogP contribution in [0.15, 0.2) is 22.5 Å². The predicted molar refractivity (Wildman–Crippen MR) is 117 cm³/mol. The van der Waals surface area contributed by atoms with Crippen LogP contribution in [0, 0.1) is 6.92 Å². The monoisotopic (exact) mass is 462 g/mol. The number of amides is 1. The summed E-state index contributed by atoms with van der Waals surface area (Å²) in [5.41, 5.74) is 1.09. The molecule has 1 N–H and O–H groups in total. The molecule has 1 atom stereocenters. The molecule has 1 aromatic carbocycles. The molecule has 2 aromatic rings. The SMILES string of the molecule is CCCSc1nnc(NC(=O)[C@@H](CC)N(c2cc(Cl)ccc2C)S(C)(=O)=O)s1. The Labute approximate surface area is 178 Å². The third kappa shape index (κ3) is 5.82. The lowest BCUT2D eigenvalue weighted by Crippen LogP contribution is -2.47. The lowest BCUT2D eigenvalue weighted by Gasteiger charge is -2.31. The van der Waals surface area contributed by atoms with Crippen molar-refractivity contribution >= 4 is 61.4 Å². The van der Waals surface area contributed by atoms with E-state index in [2.05, 4.69) is 22.4 Å².